The fraction of sp³-hybridized carbons (Fsp3) is 0.214. The third kappa shape index (κ3) is 2.03. The minimum absolute atomic E-state index is 0.263. The minimum Gasteiger partial charge on any atom is -0.440 e. The highest BCUT2D eigenvalue weighted by atomic mass is 16.6. The number of primary amides is 1. The zero-order valence-corrected chi connectivity index (χ0v) is 11.6. The number of rotatable bonds is 2. The van der Waals surface area contributed by atoms with E-state index in [4.69, 9.17) is 10.5 Å². The maximum Gasteiger partial charge on any atom is 0.405 e. The number of carbonyl (C=O) groups is 1. The van der Waals surface area contributed by atoms with Crippen LogP contribution in [0.3, 0.4) is 0 Å². The molecule has 0 radical (unpaired) electrons. The van der Waals surface area contributed by atoms with Gasteiger partial charge in [-0.3, -0.25) is 4.57 Å². The van der Waals surface area contributed by atoms with Gasteiger partial charge >= 0.3 is 11.8 Å². The summed E-state index contributed by atoms with van der Waals surface area (Å²) in [6, 6.07) is 9.27. The monoisotopic (exact) mass is 286 g/mol. The van der Waals surface area contributed by atoms with Crippen LogP contribution in [0.2, 0.25) is 0 Å². The fourth-order valence-corrected chi connectivity index (χ4v) is 2.40. The Balaban J connectivity index is 2.30. The summed E-state index contributed by atoms with van der Waals surface area (Å²) in [5.41, 5.74) is 6.70. The van der Waals surface area contributed by atoms with E-state index in [2.05, 4.69) is 5.10 Å². The van der Waals surface area contributed by atoms with Crippen molar-refractivity contribution in [1.29, 1.82) is 0 Å². The van der Waals surface area contributed by atoms with Gasteiger partial charge in [-0.1, -0.05) is 18.2 Å². The fourth-order valence-electron chi connectivity index (χ4n) is 2.40. The number of para-hydroxylation sites is 1. The lowest BCUT2D eigenvalue weighted by Gasteiger charge is -2.06. The lowest BCUT2D eigenvalue weighted by atomic mass is 10.2. The largest absolute Gasteiger partial charge is 0.440 e. The molecule has 2 heterocycles. The summed E-state index contributed by atoms with van der Waals surface area (Å²) in [7, 11) is 1.69. The number of nitrogens with zero attached hydrogens (tertiary/aromatic N) is 3. The van der Waals surface area contributed by atoms with E-state index in [1.54, 1.807) is 20.0 Å². The Hall–Kier alpha value is -2.83. The topological polar surface area (TPSA) is 91.6 Å². The van der Waals surface area contributed by atoms with Crippen LogP contribution in [0.15, 0.2) is 35.1 Å². The van der Waals surface area contributed by atoms with Crippen molar-refractivity contribution in [1.82, 2.24) is 14.2 Å². The predicted molar refractivity (Wildman–Crippen MR) is 77.0 cm³/mol. The highest BCUT2D eigenvalue weighted by molar-refractivity contribution is 5.93. The van der Waals surface area contributed by atoms with Crippen LogP contribution >= 0.6 is 0 Å². The molecule has 0 fully saturated rings. The van der Waals surface area contributed by atoms with Crippen LogP contribution < -0.4 is 11.4 Å². The van der Waals surface area contributed by atoms with Gasteiger partial charge in [-0.25, -0.2) is 9.59 Å². The van der Waals surface area contributed by atoms with Crippen LogP contribution in [0.4, 0.5) is 4.79 Å². The Morgan fingerprint density at radius 2 is 2.05 bits per heavy atom. The summed E-state index contributed by atoms with van der Waals surface area (Å²) in [5.74, 6) is 0. The first kappa shape index (κ1) is 13.2. The van der Waals surface area contributed by atoms with Crippen LogP contribution in [0.1, 0.15) is 18.7 Å². The maximum atomic E-state index is 12.3. The Labute approximate surface area is 119 Å². The van der Waals surface area contributed by atoms with Gasteiger partial charge in [0.2, 0.25) is 0 Å². The zero-order chi connectivity index (χ0) is 15.1. The molecule has 0 saturated heterocycles. The number of ether oxygens (including phenoxy) is 1. The first-order chi connectivity index (χ1) is 9.99. The summed E-state index contributed by atoms with van der Waals surface area (Å²) in [4.78, 5) is 23.2. The van der Waals surface area contributed by atoms with Gasteiger partial charge in [-0.15, -0.1) is 0 Å². The van der Waals surface area contributed by atoms with Gasteiger partial charge in [-0.2, -0.15) is 9.61 Å². The van der Waals surface area contributed by atoms with Gasteiger partial charge in [-0.05, 0) is 19.1 Å². The van der Waals surface area contributed by atoms with Crippen molar-refractivity contribution < 1.29 is 9.53 Å². The summed E-state index contributed by atoms with van der Waals surface area (Å²) < 4.78 is 7.73. The molecule has 1 atom stereocenters. The molecule has 3 rings (SSSR count). The summed E-state index contributed by atoms with van der Waals surface area (Å²) in [6.07, 6.45) is -1.50. The number of aromatic nitrogens is 3. The van der Waals surface area contributed by atoms with Crippen molar-refractivity contribution in [2.24, 2.45) is 12.8 Å². The number of hydrogen-bond donors (Lipinski definition) is 1. The van der Waals surface area contributed by atoms with Crippen molar-refractivity contribution in [3.63, 3.8) is 0 Å². The van der Waals surface area contributed by atoms with E-state index in [1.165, 1.54) is 9.08 Å². The number of aryl methyl sites for hydroxylation is 1. The standard InChI is InChI=1S/C14H14N4O3/c1-8(21-13(15)19)10-7-12-9-5-3-4-6-11(9)17(2)14(20)18(12)16-10/h3-8H,1-2H3,(H2,15,19). The average molecular weight is 286 g/mol. The third-order valence-corrected chi connectivity index (χ3v) is 3.45. The van der Waals surface area contributed by atoms with E-state index in [9.17, 15) is 9.59 Å². The Bertz CT molecular complexity index is 910. The van der Waals surface area contributed by atoms with Crippen molar-refractivity contribution >= 4 is 22.5 Å². The van der Waals surface area contributed by atoms with E-state index in [0.29, 0.717) is 11.2 Å². The van der Waals surface area contributed by atoms with E-state index < -0.39 is 12.2 Å². The highest BCUT2D eigenvalue weighted by Gasteiger charge is 2.17. The molecule has 7 nitrogen and oxygen atoms in total. The number of fused-ring (bicyclic) bond motifs is 3. The highest BCUT2D eigenvalue weighted by Crippen LogP contribution is 2.22. The summed E-state index contributed by atoms with van der Waals surface area (Å²) >= 11 is 0. The number of hydrogen-bond acceptors (Lipinski definition) is 4. The predicted octanol–water partition coefficient (Wildman–Crippen LogP) is 1.34. The summed E-state index contributed by atoms with van der Waals surface area (Å²) in [6.45, 7) is 1.65. The molecule has 1 amide bonds. The number of carbonyl (C=O) groups excluding carboxylic acids is 1. The lowest BCUT2D eigenvalue weighted by Crippen LogP contribution is -2.25. The molecule has 0 saturated carbocycles. The SMILES string of the molecule is CC(OC(N)=O)c1cc2c3ccccc3n(C)c(=O)n2n1. The van der Waals surface area contributed by atoms with E-state index in [-0.39, 0.29) is 5.69 Å². The van der Waals surface area contributed by atoms with Crippen LogP contribution in [0.25, 0.3) is 16.4 Å². The molecular formula is C14H14N4O3. The maximum absolute atomic E-state index is 12.3. The second-order valence-corrected chi connectivity index (χ2v) is 4.80. The molecule has 0 aliphatic heterocycles. The quantitative estimate of drug-likeness (QED) is 0.769. The van der Waals surface area contributed by atoms with Gasteiger partial charge < -0.3 is 10.5 Å². The average Bonchev–Trinajstić information content (AvgIpc) is 2.89. The lowest BCUT2D eigenvalue weighted by molar-refractivity contribution is 0.114. The Morgan fingerprint density at radius 3 is 2.76 bits per heavy atom. The molecule has 1 aromatic carbocycles. The molecule has 7 heteroatoms. The smallest absolute Gasteiger partial charge is 0.405 e. The van der Waals surface area contributed by atoms with E-state index in [1.807, 2.05) is 24.3 Å². The Morgan fingerprint density at radius 1 is 1.33 bits per heavy atom. The molecular weight excluding hydrogens is 272 g/mol. The Kier molecular flexibility index (Phi) is 2.90. The molecule has 108 valence electrons. The van der Waals surface area contributed by atoms with Crippen molar-refractivity contribution in [2.45, 2.75) is 13.0 Å². The second kappa shape index (κ2) is 4.62. The normalized spacial score (nSPS) is 12.7. The molecule has 1 unspecified atom stereocenters. The van der Waals surface area contributed by atoms with E-state index >= 15 is 0 Å². The van der Waals surface area contributed by atoms with Crippen molar-refractivity contribution in [3.05, 3.63) is 46.5 Å². The van der Waals surface area contributed by atoms with Gasteiger partial charge in [0, 0.05) is 12.4 Å². The van der Waals surface area contributed by atoms with Crippen molar-refractivity contribution in [3.8, 4) is 0 Å². The molecule has 0 spiro atoms. The molecule has 2 aromatic heterocycles. The van der Waals surface area contributed by atoms with Crippen LogP contribution in [-0.2, 0) is 11.8 Å². The van der Waals surface area contributed by atoms with Gasteiger partial charge in [0.25, 0.3) is 0 Å². The second-order valence-electron chi connectivity index (χ2n) is 4.80. The third-order valence-electron chi connectivity index (χ3n) is 3.45. The minimum atomic E-state index is -0.877. The van der Waals surface area contributed by atoms with E-state index in [0.717, 1.165) is 10.9 Å². The molecule has 0 bridgehead atoms. The van der Waals surface area contributed by atoms with Crippen LogP contribution in [-0.4, -0.2) is 20.3 Å². The summed E-state index contributed by atoms with van der Waals surface area (Å²) in [5, 5.41) is 5.12. The van der Waals surface area contributed by atoms with Crippen LogP contribution in [0, 0.1) is 0 Å². The first-order valence-electron chi connectivity index (χ1n) is 6.42. The molecule has 3 aromatic rings. The van der Waals surface area contributed by atoms with Gasteiger partial charge in [0.15, 0.2) is 0 Å². The molecule has 21 heavy (non-hydrogen) atoms. The van der Waals surface area contributed by atoms with Crippen molar-refractivity contribution in [2.75, 3.05) is 0 Å². The zero-order valence-electron chi connectivity index (χ0n) is 11.6. The van der Waals surface area contributed by atoms with Gasteiger partial charge in [0.1, 0.15) is 11.8 Å². The number of benzene rings is 1. The molecule has 0 aliphatic carbocycles. The first-order valence-corrected chi connectivity index (χ1v) is 6.42. The van der Waals surface area contributed by atoms with Gasteiger partial charge in [0.05, 0.1) is 11.0 Å². The number of amides is 1. The number of nitrogens with two attached hydrogens (primary N) is 1. The molecule has 2 N–H and O–H groups in total. The van der Waals surface area contributed by atoms with Crippen LogP contribution in [0.5, 0.6) is 0 Å². The molecule has 0 aliphatic rings.